The second-order valence-corrected chi connectivity index (χ2v) is 10.4. The van der Waals surface area contributed by atoms with Gasteiger partial charge in [0, 0.05) is 19.3 Å². The van der Waals surface area contributed by atoms with Gasteiger partial charge in [0.2, 0.25) is 5.91 Å². The Morgan fingerprint density at radius 3 is 2.00 bits per heavy atom. The summed E-state index contributed by atoms with van der Waals surface area (Å²) in [7, 11) is -4.23. The Kier molecular flexibility index (Phi) is 7.22. The van der Waals surface area contributed by atoms with Crippen molar-refractivity contribution in [3.05, 3.63) is 72.1 Å². The topological polar surface area (TPSA) is 91.4 Å². The molecule has 1 amide bonds. The summed E-state index contributed by atoms with van der Waals surface area (Å²) in [5.74, 6) is 0.255. The van der Waals surface area contributed by atoms with E-state index >= 15 is 0 Å². The zero-order valence-corrected chi connectivity index (χ0v) is 21.1. The summed E-state index contributed by atoms with van der Waals surface area (Å²) in [5, 5.41) is 0. The second kappa shape index (κ2) is 10.2. The predicted molar refractivity (Wildman–Crippen MR) is 129 cm³/mol. The third-order valence-corrected chi connectivity index (χ3v) is 7.47. The standard InChI is InChI=1S/C26H30NO7P/c1-17(2)23-24-18(3)25(22(27(24)26(23)29)15-16-31-19(4)28)34-35(30,32-20-11-7-5-8-12-20)33-21-13-9-6-10-14-21/h5-14,17-18,23-24H,15-16H2,1-4H3/t18-,23-,24-/m1/s1. The number of β-lactam (4-membered cyclic amide) rings is 1. The van der Waals surface area contributed by atoms with E-state index in [1.165, 1.54) is 6.92 Å². The molecule has 8 nitrogen and oxygen atoms in total. The van der Waals surface area contributed by atoms with E-state index in [1.54, 1.807) is 53.4 Å². The first kappa shape index (κ1) is 24.9. The number of benzene rings is 2. The van der Waals surface area contributed by atoms with Crippen molar-refractivity contribution < 1.29 is 32.5 Å². The molecule has 1 saturated heterocycles. The lowest BCUT2D eigenvalue weighted by Gasteiger charge is -2.47. The summed E-state index contributed by atoms with van der Waals surface area (Å²) in [5.41, 5.74) is 0.541. The first-order valence-electron chi connectivity index (χ1n) is 11.7. The molecule has 35 heavy (non-hydrogen) atoms. The van der Waals surface area contributed by atoms with Crippen LogP contribution in [0.2, 0.25) is 0 Å². The lowest BCUT2D eigenvalue weighted by Crippen LogP contribution is -2.61. The Morgan fingerprint density at radius 2 is 1.51 bits per heavy atom. The number of ether oxygens (including phenoxy) is 1. The number of rotatable bonds is 10. The van der Waals surface area contributed by atoms with Crippen LogP contribution in [0, 0.1) is 17.8 Å². The monoisotopic (exact) mass is 499 g/mol. The van der Waals surface area contributed by atoms with E-state index in [0.717, 1.165) is 0 Å². The van der Waals surface area contributed by atoms with Crippen LogP contribution in [0.3, 0.4) is 0 Å². The maximum atomic E-state index is 14.0. The molecule has 0 unspecified atom stereocenters. The molecule has 2 aromatic rings. The summed E-state index contributed by atoms with van der Waals surface area (Å²) >= 11 is 0. The van der Waals surface area contributed by atoms with Crippen molar-refractivity contribution in [3.8, 4) is 11.5 Å². The van der Waals surface area contributed by atoms with E-state index in [-0.39, 0.29) is 42.7 Å². The van der Waals surface area contributed by atoms with Crippen LogP contribution >= 0.6 is 7.82 Å². The SMILES string of the molecule is CC(=O)OCCC1=C(OP(=O)(Oc2ccccc2)Oc2ccccc2)[C@H](C)[C@@H]2[C@@H](C(C)C)C(=O)N12. The van der Waals surface area contributed by atoms with Gasteiger partial charge in [-0.25, -0.2) is 0 Å². The maximum Gasteiger partial charge on any atom is 0.646 e. The summed E-state index contributed by atoms with van der Waals surface area (Å²) in [6, 6.07) is 17.1. The number of carbonyl (C=O) groups excluding carboxylic acids is 2. The van der Waals surface area contributed by atoms with Crippen molar-refractivity contribution in [1.82, 2.24) is 4.90 Å². The first-order chi connectivity index (χ1) is 16.7. The lowest BCUT2D eigenvalue weighted by molar-refractivity contribution is -0.156. The highest BCUT2D eigenvalue weighted by atomic mass is 31.2. The quantitative estimate of drug-likeness (QED) is 0.240. The Hall–Kier alpha value is -3.25. The van der Waals surface area contributed by atoms with Crippen molar-refractivity contribution in [2.45, 2.75) is 40.2 Å². The van der Waals surface area contributed by atoms with Gasteiger partial charge in [-0.1, -0.05) is 57.2 Å². The van der Waals surface area contributed by atoms with Crippen molar-refractivity contribution in [3.63, 3.8) is 0 Å². The molecular formula is C26H30NO7P. The van der Waals surface area contributed by atoms with Gasteiger partial charge in [0.05, 0.1) is 24.3 Å². The number of phosphoric acid groups is 1. The van der Waals surface area contributed by atoms with Crippen LogP contribution in [0.4, 0.5) is 0 Å². The van der Waals surface area contributed by atoms with Crippen LogP contribution in [0.1, 0.15) is 34.1 Å². The minimum atomic E-state index is -4.23. The molecule has 0 aliphatic carbocycles. The number of esters is 1. The molecule has 2 aliphatic heterocycles. The molecule has 186 valence electrons. The van der Waals surface area contributed by atoms with Crippen LogP contribution in [0.5, 0.6) is 11.5 Å². The van der Waals surface area contributed by atoms with Gasteiger partial charge in [0.15, 0.2) is 0 Å². The minimum Gasteiger partial charge on any atom is -0.465 e. The normalized spacial score (nSPS) is 21.5. The van der Waals surface area contributed by atoms with E-state index in [1.807, 2.05) is 32.9 Å². The van der Waals surface area contributed by atoms with Gasteiger partial charge >= 0.3 is 13.8 Å². The van der Waals surface area contributed by atoms with Crippen molar-refractivity contribution in [1.29, 1.82) is 0 Å². The minimum absolute atomic E-state index is 0.0175. The molecule has 0 N–H and O–H groups in total. The summed E-state index contributed by atoms with van der Waals surface area (Å²) < 4.78 is 36.8. The second-order valence-electron chi connectivity index (χ2n) is 9.01. The first-order valence-corrected chi connectivity index (χ1v) is 13.1. The molecule has 0 radical (unpaired) electrons. The molecule has 4 rings (SSSR count). The molecule has 0 bridgehead atoms. The Bertz CT molecular complexity index is 1100. The number of nitrogens with zero attached hydrogens (tertiary/aromatic N) is 1. The van der Waals surface area contributed by atoms with Crippen molar-refractivity contribution in [2.24, 2.45) is 17.8 Å². The van der Waals surface area contributed by atoms with Crippen LogP contribution in [-0.4, -0.2) is 29.4 Å². The number of para-hydroxylation sites is 2. The Morgan fingerprint density at radius 1 is 0.971 bits per heavy atom. The van der Waals surface area contributed by atoms with Crippen LogP contribution < -0.4 is 9.05 Å². The fourth-order valence-corrected chi connectivity index (χ4v) is 6.05. The number of phosphoric ester groups is 1. The number of fused-ring (bicyclic) bond motifs is 1. The molecule has 9 heteroatoms. The predicted octanol–water partition coefficient (Wildman–Crippen LogP) is 5.57. The van der Waals surface area contributed by atoms with E-state index in [9.17, 15) is 14.2 Å². The summed E-state index contributed by atoms with van der Waals surface area (Å²) in [6.07, 6.45) is 0.239. The molecule has 1 fully saturated rings. The number of hydrogen-bond donors (Lipinski definition) is 0. The highest BCUT2D eigenvalue weighted by Gasteiger charge is 2.59. The Labute approximate surface area is 205 Å². The number of amides is 1. The zero-order chi connectivity index (χ0) is 25.2. The molecule has 0 aromatic heterocycles. The molecule has 2 aromatic carbocycles. The van der Waals surface area contributed by atoms with Crippen molar-refractivity contribution >= 4 is 19.7 Å². The molecular weight excluding hydrogens is 469 g/mol. The van der Waals surface area contributed by atoms with Gasteiger partial charge in [-0.05, 0) is 30.2 Å². The van der Waals surface area contributed by atoms with E-state index in [2.05, 4.69) is 0 Å². The van der Waals surface area contributed by atoms with E-state index in [0.29, 0.717) is 23.0 Å². The van der Waals surface area contributed by atoms with Crippen LogP contribution in [-0.2, 0) is 23.4 Å². The zero-order valence-electron chi connectivity index (χ0n) is 20.2. The number of hydrogen-bond acceptors (Lipinski definition) is 7. The largest absolute Gasteiger partial charge is 0.646 e. The summed E-state index contributed by atoms with van der Waals surface area (Å²) in [6.45, 7) is 7.34. The highest BCUT2D eigenvalue weighted by molar-refractivity contribution is 7.49. The third kappa shape index (κ3) is 5.22. The van der Waals surface area contributed by atoms with Gasteiger partial charge in [-0.15, -0.1) is 0 Å². The fraction of sp³-hybridized carbons (Fsp3) is 0.385. The smallest absolute Gasteiger partial charge is 0.465 e. The highest BCUT2D eigenvalue weighted by Crippen LogP contribution is 2.57. The summed E-state index contributed by atoms with van der Waals surface area (Å²) in [4.78, 5) is 26.0. The van der Waals surface area contributed by atoms with Gasteiger partial charge in [-0.2, -0.15) is 4.57 Å². The van der Waals surface area contributed by atoms with Crippen LogP contribution in [0.25, 0.3) is 0 Å². The molecule has 2 heterocycles. The Balaban J connectivity index is 1.69. The van der Waals surface area contributed by atoms with Crippen molar-refractivity contribution in [2.75, 3.05) is 6.61 Å². The lowest BCUT2D eigenvalue weighted by atomic mass is 9.75. The van der Waals surface area contributed by atoms with Crippen LogP contribution in [0.15, 0.2) is 72.1 Å². The van der Waals surface area contributed by atoms with Gasteiger partial charge < -0.3 is 23.2 Å². The maximum absolute atomic E-state index is 14.0. The van der Waals surface area contributed by atoms with Gasteiger partial charge in [0.25, 0.3) is 0 Å². The fourth-order valence-electron chi connectivity index (χ4n) is 4.66. The number of carbonyl (C=O) groups is 2. The molecule has 0 spiro atoms. The van der Waals surface area contributed by atoms with Gasteiger partial charge in [0.1, 0.15) is 17.3 Å². The third-order valence-electron chi connectivity index (χ3n) is 6.18. The average Bonchev–Trinajstić information content (AvgIpc) is 3.02. The average molecular weight is 500 g/mol. The molecule has 2 aliphatic rings. The van der Waals surface area contributed by atoms with Gasteiger partial charge in [-0.3, -0.25) is 9.59 Å². The van der Waals surface area contributed by atoms with E-state index < -0.39 is 13.8 Å². The molecule has 0 saturated carbocycles. The van der Waals surface area contributed by atoms with E-state index in [4.69, 9.17) is 18.3 Å². The molecule has 3 atom stereocenters.